The van der Waals surface area contributed by atoms with E-state index in [1.165, 1.54) is 0 Å². The Bertz CT molecular complexity index is 870. The van der Waals surface area contributed by atoms with Crippen LogP contribution < -0.4 is 27.2 Å². The molecule has 5 N–H and O–H groups in total. The molecule has 2 aromatic rings. The van der Waals surface area contributed by atoms with Gasteiger partial charge >= 0.3 is 5.69 Å². The molecule has 1 aliphatic rings. The predicted octanol–water partition coefficient (Wildman–Crippen LogP) is -0.642. The molecular weight excluding hydrogens is 312 g/mol. The number of anilines is 2. The summed E-state index contributed by atoms with van der Waals surface area (Å²) in [4.78, 5) is 45.7. The zero-order valence-corrected chi connectivity index (χ0v) is 13.1. The third-order valence-electron chi connectivity index (χ3n) is 3.95. The first kappa shape index (κ1) is 15.8. The first-order chi connectivity index (χ1) is 11.4. The third kappa shape index (κ3) is 3.14. The summed E-state index contributed by atoms with van der Waals surface area (Å²) >= 11 is 0. The summed E-state index contributed by atoms with van der Waals surface area (Å²) in [6.45, 7) is 3.31. The minimum Gasteiger partial charge on any atom is -0.392 e. The van der Waals surface area contributed by atoms with Crippen LogP contribution in [0.5, 0.6) is 0 Å². The van der Waals surface area contributed by atoms with Crippen LogP contribution in [-0.2, 0) is 0 Å². The minimum absolute atomic E-state index is 0.122. The number of nitrogens with two attached hydrogens (primary N) is 1. The van der Waals surface area contributed by atoms with Gasteiger partial charge in [-0.3, -0.25) is 14.6 Å². The van der Waals surface area contributed by atoms with Crippen molar-refractivity contribution in [3.05, 3.63) is 50.4 Å². The fourth-order valence-corrected chi connectivity index (χ4v) is 2.67. The van der Waals surface area contributed by atoms with Gasteiger partial charge < -0.3 is 20.9 Å². The average Bonchev–Trinajstić information content (AvgIpc) is 3.00. The highest BCUT2D eigenvalue weighted by atomic mass is 16.2. The molecule has 0 aromatic carbocycles. The molecule has 3 heterocycles. The number of hydrogen-bond donors (Lipinski definition) is 4. The van der Waals surface area contributed by atoms with E-state index in [4.69, 9.17) is 5.73 Å². The number of aryl methyl sites for hydroxylation is 1. The fraction of sp³-hybridized carbons (Fsp3) is 0.333. The molecule has 1 saturated heterocycles. The third-order valence-corrected chi connectivity index (χ3v) is 3.95. The van der Waals surface area contributed by atoms with Gasteiger partial charge in [-0.2, -0.15) is 0 Å². The van der Waals surface area contributed by atoms with Crippen molar-refractivity contribution in [1.29, 1.82) is 0 Å². The minimum atomic E-state index is -0.777. The highest BCUT2D eigenvalue weighted by Crippen LogP contribution is 2.18. The number of amides is 1. The number of carbonyl (C=O) groups excluding carboxylic acids is 1. The van der Waals surface area contributed by atoms with Gasteiger partial charge in [-0.25, -0.2) is 9.78 Å². The number of aromatic nitrogens is 3. The summed E-state index contributed by atoms with van der Waals surface area (Å²) in [6, 6.07) is 3.80. The van der Waals surface area contributed by atoms with E-state index >= 15 is 0 Å². The molecule has 24 heavy (non-hydrogen) atoms. The Morgan fingerprint density at radius 3 is 2.88 bits per heavy atom. The molecule has 0 spiro atoms. The Hall–Kier alpha value is -3.10. The summed E-state index contributed by atoms with van der Waals surface area (Å²) < 4.78 is 0. The molecule has 126 valence electrons. The van der Waals surface area contributed by atoms with E-state index in [0.29, 0.717) is 6.54 Å². The SMILES string of the molecule is Cc1ccc(N2CCC(NC(=O)c3[nH]c(=O)[nH]c(=O)c3N)C2)nc1. The van der Waals surface area contributed by atoms with Crippen molar-refractivity contribution in [2.45, 2.75) is 19.4 Å². The molecule has 0 radical (unpaired) electrons. The molecule has 1 fully saturated rings. The summed E-state index contributed by atoms with van der Waals surface area (Å²) in [5.41, 5.74) is 4.58. The van der Waals surface area contributed by atoms with E-state index in [-0.39, 0.29) is 17.4 Å². The van der Waals surface area contributed by atoms with Gasteiger partial charge in [0.05, 0.1) is 0 Å². The number of carbonyl (C=O) groups is 1. The van der Waals surface area contributed by atoms with Gasteiger partial charge in [0.15, 0.2) is 0 Å². The van der Waals surface area contributed by atoms with E-state index in [2.05, 4.69) is 20.2 Å². The van der Waals surface area contributed by atoms with Gasteiger partial charge in [0.2, 0.25) is 0 Å². The normalized spacial score (nSPS) is 17.0. The lowest BCUT2D eigenvalue weighted by Gasteiger charge is -2.18. The van der Waals surface area contributed by atoms with Crippen LogP contribution in [0, 0.1) is 6.92 Å². The van der Waals surface area contributed by atoms with Gasteiger partial charge in [-0.05, 0) is 25.0 Å². The number of rotatable bonds is 3. The number of nitrogen functional groups attached to an aromatic ring is 1. The molecule has 0 aliphatic carbocycles. The molecule has 9 heteroatoms. The quantitative estimate of drug-likeness (QED) is 0.590. The summed E-state index contributed by atoms with van der Waals surface area (Å²) in [7, 11) is 0. The number of nitrogens with one attached hydrogen (secondary N) is 3. The first-order valence-corrected chi connectivity index (χ1v) is 7.54. The number of hydrogen-bond acceptors (Lipinski definition) is 6. The summed E-state index contributed by atoms with van der Waals surface area (Å²) in [5.74, 6) is 0.279. The topological polar surface area (TPSA) is 137 Å². The second kappa shape index (κ2) is 6.19. The van der Waals surface area contributed by atoms with Crippen LogP contribution in [-0.4, -0.2) is 40.0 Å². The van der Waals surface area contributed by atoms with Gasteiger partial charge in [0.1, 0.15) is 17.2 Å². The van der Waals surface area contributed by atoms with E-state index < -0.39 is 17.2 Å². The maximum absolute atomic E-state index is 12.3. The van der Waals surface area contributed by atoms with Crippen molar-refractivity contribution in [1.82, 2.24) is 20.3 Å². The molecule has 9 nitrogen and oxygen atoms in total. The standard InChI is InChI=1S/C15H18N6O3/c1-8-2-3-10(17-6-8)21-5-4-9(7-21)18-14(23)12-11(16)13(22)20-15(24)19-12/h2-3,6,9H,4-5,7,16H2,1H3,(H,18,23)(H2,19,20,22,24). The molecule has 1 unspecified atom stereocenters. The highest BCUT2D eigenvalue weighted by Gasteiger charge is 2.26. The molecule has 2 aromatic heterocycles. The fourth-order valence-electron chi connectivity index (χ4n) is 2.67. The zero-order chi connectivity index (χ0) is 17.3. The van der Waals surface area contributed by atoms with Crippen LogP contribution in [0.15, 0.2) is 27.9 Å². The lowest BCUT2D eigenvalue weighted by Crippen LogP contribution is -2.40. The van der Waals surface area contributed by atoms with Gasteiger partial charge in [0.25, 0.3) is 11.5 Å². The van der Waals surface area contributed by atoms with Crippen LogP contribution in [0.4, 0.5) is 11.5 Å². The van der Waals surface area contributed by atoms with Crippen molar-refractivity contribution in [2.75, 3.05) is 23.7 Å². The largest absolute Gasteiger partial charge is 0.392 e. The Kier molecular flexibility index (Phi) is 4.07. The van der Waals surface area contributed by atoms with Crippen LogP contribution in [0.1, 0.15) is 22.5 Å². The lowest BCUT2D eigenvalue weighted by atomic mass is 10.2. The Morgan fingerprint density at radius 2 is 2.17 bits per heavy atom. The molecular formula is C15H18N6O3. The maximum atomic E-state index is 12.3. The Labute approximate surface area is 136 Å². The second-order valence-corrected chi connectivity index (χ2v) is 5.80. The van der Waals surface area contributed by atoms with Crippen molar-refractivity contribution in [3.8, 4) is 0 Å². The predicted molar refractivity (Wildman–Crippen MR) is 89.2 cm³/mol. The molecule has 3 rings (SSSR count). The molecule has 0 bridgehead atoms. The van der Waals surface area contributed by atoms with Crippen LogP contribution >= 0.6 is 0 Å². The van der Waals surface area contributed by atoms with E-state index in [0.717, 1.165) is 24.3 Å². The lowest BCUT2D eigenvalue weighted by molar-refractivity contribution is 0.0935. The smallest absolute Gasteiger partial charge is 0.326 e. The maximum Gasteiger partial charge on any atom is 0.326 e. The molecule has 0 saturated carbocycles. The van der Waals surface area contributed by atoms with Crippen LogP contribution in [0.25, 0.3) is 0 Å². The van der Waals surface area contributed by atoms with Gasteiger partial charge in [-0.15, -0.1) is 0 Å². The molecule has 1 atom stereocenters. The number of aromatic amines is 2. The molecule has 1 aliphatic heterocycles. The highest BCUT2D eigenvalue weighted by molar-refractivity contribution is 5.97. The van der Waals surface area contributed by atoms with Crippen LogP contribution in [0.3, 0.4) is 0 Å². The van der Waals surface area contributed by atoms with Crippen molar-refractivity contribution < 1.29 is 4.79 Å². The summed E-state index contributed by atoms with van der Waals surface area (Å²) in [5, 5.41) is 2.79. The second-order valence-electron chi connectivity index (χ2n) is 5.80. The van der Waals surface area contributed by atoms with E-state index in [1.54, 1.807) is 6.20 Å². The number of nitrogens with zero attached hydrogens (tertiary/aromatic N) is 2. The summed E-state index contributed by atoms with van der Waals surface area (Å²) in [6.07, 6.45) is 2.53. The Morgan fingerprint density at radius 1 is 1.38 bits per heavy atom. The van der Waals surface area contributed by atoms with Crippen molar-refractivity contribution >= 4 is 17.4 Å². The van der Waals surface area contributed by atoms with Gasteiger partial charge in [0, 0.05) is 25.3 Å². The average molecular weight is 330 g/mol. The van der Waals surface area contributed by atoms with E-state index in [9.17, 15) is 14.4 Å². The van der Waals surface area contributed by atoms with Crippen molar-refractivity contribution in [3.63, 3.8) is 0 Å². The zero-order valence-electron chi connectivity index (χ0n) is 13.1. The Balaban J connectivity index is 1.69. The van der Waals surface area contributed by atoms with Gasteiger partial charge in [-0.1, -0.05) is 6.07 Å². The first-order valence-electron chi connectivity index (χ1n) is 7.54. The number of H-pyrrole nitrogens is 2. The monoisotopic (exact) mass is 330 g/mol. The van der Waals surface area contributed by atoms with Crippen LogP contribution in [0.2, 0.25) is 0 Å². The van der Waals surface area contributed by atoms with Crippen molar-refractivity contribution in [2.24, 2.45) is 0 Å². The number of pyridine rings is 1. The van der Waals surface area contributed by atoms with E-state index in [1.807, 2.05) is 24.0 Å². The molecule has 1 amide bonds.